The van der Waals surface area contributed by atoms with E-state index < -0.39 is 0 Å². The summed E-state index contributed by atoms with van der Waals surface area (Å²) in [6.07, 6.45) is 6.12. The highest BCUT2D eigenvalue weighted by Crippen LogP contribution is 2.15. The summed E-state index contributed by atoms with van der Waals surface area (Å²) >= 11 is 0. The summed E-state index contributed by atoms with van der Waals surface area (Å²) in [7, 11) is 2.01. The first-order valence-electron chi connectivity index (χ1n) is 5.63. The third kappa shape index (κ3) is 2.68. The second-order valence-electron chi connectivity index (χ2n) is 4.09. The van der Waals surface area contributed by atoms with Crippen molar-refractivity contribution in [1.82, 2.24) is 9.97 Å². The average molecular weight is 222 g/mol. The molecule has 1 aromatic heterocycles. The Morgan fingerprint density at radius 3 is 2.94 bits per heavy atom. The number of nitrogens with two attached hydrogens (primary N) is 1. The molecule has 0 saturated carbocycles. The van der Waals surface area contributed by atoms with Crippen molar-refractivity contribution in [2.75, 3.05) is 25.1 Å². The minimum Gasteiger partial charge on any atom is -0.376 e. The van der Waals surface area contributed by atoms with Crippen molar-refractivity contribution in [2.45, 2.75) is 25.5 Å². The van der Waals surface area contributed by atoms with E-state index in [4.69, 9.17) is 10.5 Å². The van der Waals surface area contributed by atoms with Gasteiger partial charge >= 0.3 is 0 Å². The van der Waals surface area contributed by atoms with Crippen LogP contribution in [0.3, 0.4) is 0 Å². The lowest BCUT2D eigenvalue weighted by Crippen LogP contribution is -2.29. The molecule has 0 radical (unpaired) electrons. The Kier molecular flexibility index (Phi) is 3.69. The van der Waals surface area contributed by atoms with Crippen LogP contribution >= 0.6 is 0 Å². The van der Waals surface area contributed by atoms with E-state index in [-0.39, 0.29) is 0 Å². The van der Waals surface area contributed by atoms with E-state index in [0.29, 0.717) is 12.6 Å². The molecule has 1 aromatic rings. The summed E-state index contributed by atoms with van der Waals surface area (Å²) in [6.45, 7) is 2.19. The van der Waals surface area contributed by atoms with Crippen molar-refractivity contribution >= 4 is 5.82 Å². The molecule has 0 aromatic carbocycles. The standard InChI is InChI=1S/C11H18N4O/c1-15(8-10-3-2-4-16-10)11-7-13-9(5-12)6-14-11/h6-7,10H,2-5,8,12H2,1H3. The Labute approximate surface area is 95.6 Å². The maximum atomic E-state index is 5.58. The molecule has 0 amide bonds. The fraction of sp³-hybridized carbons (Fsp3) is 0.636. The third-order valence-corrected chi connectivity index (χ3v) is 2.79. The van der Waals surface area contributed by atoms with E-state index in [1.54, 1.807) is 12.4 Å². The van der Waals surface area contributed by atoms with Crippen molar-refractivity contribution in [1.29, 1.82) is 0 Å². The summed E-state index contributed by atoms with van der Waals surface area (Å²) in [5, 5.41) is 0. The van der Waals surface area contributed by atoms with Gasteiger partial charge in [-0.05, 0) is 12.8 Å². The van der Waals surface area contributed by atoms with Crippen LogP contribution in [0.1, 0.15) is 18.5 Å². The lowest BCUT2D eigenvalue weighted by Gasteiger charge is -2.21. The summed E-state index contributed by atoms with van der Waals surface area (Å²) in [4.78, 5) is 10.6. The molecule has 5 nitrogen and oxygen atoms in total. The Bertz CT molecular complexity index is 321. The Hall–Kier alpha value is -1.20. The molecule has 2 N–H and O–H groups in total. The monoisotopic (exact) mass is 222 g/mol. The predicted molar refractivity (Wildman–Crippen MR) is 62.2 cm³/mol. The van der Waals surface area contributed by atoms with Gasteiger partial charge in [0.25, 0.3) is 0 Å². The van der Waals surface area contributed by atoms with Gasteiger partial charge in [0.05, 0.1) is 24.2 Å². The lowest BCUT2D eigenvalue weighted by atomic mass is 10.2. The molecule has 1 aliphatic heterocycles. The SMILES string of the molecule is CN(CC1CCCO1)c1cnc(CN)cn1. The van der Waals surface area contributed by atoms with Gasteiger partial charge in [-0.2, -0.15) is 0 Å². The highest BCUT2D eigenvalue weighted by atomic mass is 16.5. The van der Waals surface area contributed by atoms with Crippen molar-refractivity contribution in [3.63, 3.8) is 0 Å². The largest absolute Gasteiger partial charge is 0.376 e. The van der Waals surface area contributed by atoms with Crippen LogP contribution in [-0.4, -0.2) is 36.3 Å². The van der Waals surface area contributed by atoms with Gasteiger partial charge in [0.1, 0.15) is 5.82 Å². The molecule has 16 heavy (non-hydrogen) atoms. The maximum Gasteiger partial charge on any atom is 0.146 e. The smallest absolute Gasteiger partial charge is 0.146 e. The van der Waals surface area contributed by atoms with Crippen LogP contribution in [0.5, 0.6) is 0 Å². The van der Waals surface area contributed by atoms with E-state index in [0.717, 1.165) is 37.5 Å². The molecule has 2 rings (SSSR count). The van der Waals surface area contributed by atoms with E-state index >= 15 is 0 Å². The number of ether oxygens (including phenoxy) is 1. The van der Waals surface area contributed by atoms with Crippen LogP contribution in [0.4, 0.5) is 5.82 Å². The molecule has 0 bridgehead atoms. The molecule has 1 atom stereocenters. The van der Waals surface area contributed by atoms with Crippen molar-refractivity contribution in [2.24, 2.45) is 5.73 Å². The van der Waals surface area contributed by atoms with Crippen molar-refractivity contribution < 1.29 is 4.74 Å². The molecule has 1 fully saturated rings. The van der Waals surface area contributed by atoms with E-state index in [2.05, 4.69) is 14.9 Å². The second kappa shape index (κ2) is 5.23. The fourth-order valence-electron chi connectivity index (χ4n) is 1.84. The van der Waals surface area contributed by atoms with E-state index in [1.165, 1.54) is 0 Å². The zero-order valence-corrected chi connectivity index (χ0v) is 9.59. The zero-order chi connectivity index (χ0) is 11.4. The third-order valence-electron chi connectivity index (χ3n) is 2.79. The number of anilines is 1. The second-order valence-corrected chi connectivity index (χ2v) is 4.09. The highest BCUT2D eigenvalue weighted by molar-refractivity contribution is 5.34. The summed E-state index contributed by atoms with van der Waals surface area (Å²) in [5.41, 5.74) is 6.29. The van der Waals surface area contributed by atoms with Crippen LogP contribution in [0, 0.1) is 0 Å². The fourth-order valence-corrected chi connectivity index (χ4v) is 1.84. The maximum absolute atomic E-state index is 5.58. The molecule has 1 saturated heterocycles. The van der Waals surface area contributed by atoms with Gasteiger partial charge in [0, 0.05) is 26.7 Å². The molecule has 2 heterocycles. The van der Waals surface area contributed by atoms with E-state index in [1.807, 2.05) is 7.05 Å². The Morgan fingerprint density at radius 1 is 1.50 bits per heavy atom. The molecule has 1 unspecified atom stereocenters. The van der Waals surface area contributed by atoms with Gasteiger partial charge in [-0.15, -0.1) is 0 Å². The van der Waals surface area contributed by atoms with Gasteiger partial charge in [0.2, 0.25) is 0 Å². The van der Waals surface area contributed by atoms with Crippen LogP contribution in [0.2, 0.25) is 0 Å². The van der Waals surface area contributed by atoms with E-state index in [9.17, 15) is 0 Å². The highest BCUT2D eigenvalue weighted by Gasteiger charge is 2.18. The number of nitrogens with zero attached hydrogens (tertiary/aromatic N) is 3. The predicted octanol–water partition coefficient (Wildman–Crippen LogP) is 0.550. The van der Waals surface area contributed by atoms with Gasteiger partial charge in [-0.1, -0.05) is 0 Å². The van der Waals surface area contributed by atoms with Crippen molar-refractivity contribution in [3.8, 4) is 0 Å². The summed E-state index contributed by atoms with van der Waals surface area (Å²) in [6, 6.07) is 0. The van der Waals surface area contributed by atoms with Crippen molar-refractivity contribution in [3.05, 3.63) is 18.1 Å². The minimum absolute atomic E-state index is 0.334. The quantitative estimate of drug-likeness (QED) is 0.806. The molecular weight excluding hydrogens is 204 g/mol. The Morgan fingerprint density at radius 2 is 2.38 bits per heavy atom. The lowest BCUT2D eigenvalue weighted by molar-refractivity contribution is 0.116. The van der Waals surface area contributed by atoms with Crippen LogP contribution in [-0.2, 0) is 11.3 Å². The topological polar surface area (TPSA) is 64.3 Å². The number of hydrogen-bond acceptors (Lipinski definition) is 5. The van der Waals surface area contributed by atoms with Crippen LogP contribution in [0.25, 0.3) is 0 Å². The first-order valence-corrected chi connectivity index (χ1v) is 5.63. The Balaban J connectivity index is 1.94. The first kappa shape index (κ1) is 11.3. The average Bonchev–Trinajstić information content (AvgIpc) is 2.82. The van der Waals surface area contributed by atoms with Gasteiger partial charge in [-0.3, -0.25) is 4.98 Å². The first-order chi connectivity index (χ1) is 7.79. The van der Waals surface area contributed by atoms with Gasteiger partial charge in [0.15, 0.2) is 0 Å². The van der Waals surface area contributed by atoms with Crippen LogP contribution in [0.15, 0.2) is 12.4 Å². The normalized spacial score (nSPS) is 20.0. The van der Waals surface area contributed by atoms with Gasteiger partial charge < -0.3 is 15.4 Å². The molecular formula is C11H18N4O. The summed E-state index contributed by atoms with van der Waals surface area (Å²) < 4.78 is 5.58. The molecule has 5 heteroatoms. The molecule has 1 aliphatic rings. The molecule has 0 aliphatic carbocycles. The summed E-state index contributed by atoms with van der Waals surface area (Å²) in [5.74, 6) is 0.868. The number of rotatable bonds is 4. The number of aromatic nitrogens is 2. The number of hydrogen-bond donors (Lipinski definition) is 1. The number of likely N-dealkylation sites (N-methyl/N-ethyl adjacent to an activating group) is 1. The minimum atomic E-state index is 0.334. The molecule has 88 valence electrons. The van der Waals surface area contributed by atoms with Crippen LogP contribution < -0.4 is 10.6 Å². The molecule has 0 spiro atoms. The van der Waals surface area contributed by atoms with Gasteiger partial charge in [-0.25, -0.2) is 4.98 Å². The zero-order valence-electron chi connectivity index (χ0n) is 9.59.